The minimum absolute atomic E-state index is 0.163. The first-order chi connectivity index (χ1) is 7.38. The molecule has 1 fully saturated rings. The number of carbonyl (C=O) groups excluding carboxylic acids is 1. The van der Waals surface area contributed by atoms with E-state index in [1.165, 1.54) is 0 Å². The van der Waals surface area contributed by atoms with Gasteiger partial charge in [-0.25, -0.2) is 0 Å². The van der Waals surface area contributed by atoms with Crippen molar-refractivity contribution in [3.8, 4) is 0 Å². The Hall–Kier alpha value is -1.03. The Kier molecular flexibility index (Phi) is 2.70. The number of hydrogen-bond acceptors (Lipinski definition) is 3. The molecule has 0 aromatic carbocycles. The monoisotopic (exact) mass is 220 g/mol. The molecule has 4 heteroatoms. The molecule has 1 atom stereocenters. The van der Waals surface area contributed by atoms with E-state index in [-0.39, 0.29) is 5.78 Å². The van der Waals surface area contributed by atoms with Crippen LogP contribution in [0.3, 0.4) is 0 Å². The van der Waals surface area contributed by atoms with E-state index in [0.29, 0.717) is 18.1 Å². The molecule has 86 valence electrons. The van der Waals surface area contributed by atoms with Crippen molar-refractivity contribution in [3.63, 3.8) is 0 Å². The third-order valence-electron chi connectivity index (χ3n) is 3.11. The van der Waals surface area contributed by atoms with Gasteiger partial charge in [-0.2, -0.15) is 0 Å². The predicted molar refractivity (Wildman–Crippen MR) is 62.6 cm³/mol. The predicted octanol–water partition coefficient (Wildman–Crippen LogP) is 2.28. The van der Waals surface area contributed by atoms with Crippen molar-refractivity contribution < 1.29 is 14.1 Å². The van der Waals surface area contributed by atoms with Crippen LogP contribution in [0.5, 0.6) is 0 Å². The molecule has 0 spiro atoms. The van der Waals surface area contributed by atoms with Gasteiger partial charge >= 0.3 is 7.12 Å². The van der Waals surface area contributed by atoms with Gasteiger partial charge in [0.05, 0.1) is 5.76 Å². The van der Waals surface area contributed by atoms with Crippen molar-refractivity contribution in [2.24, 2.45) is 5.92 Å². The number of ketones is 1. The fraction of sp³-hybridized carbons (Fsp3) is 0.583. The first-order valence-corrected chi connectivity index (χ1v) is 5.65. The largest absolute Gasteiger partial charge is 0.559 e. The summed E-state index contributed by atoms with van der Waals surface area (Å²) >= 11 is 0. The molecule has 1 aliphatic heterocycles. The highest BCUT2D eigenvalue weighted by atomic mass is 16.7. The van der Waals surface area contributed by atoms with Crippen molar-refractivity contribution in [1.29, 1.82) is 0 Å². The van der Waals surface area contributed by atoms with Gasteiger partial charge in [-0.3, -0.25) is 4.79 Å². The fourth-order valence-electron chi connectivity index (χ4n) is 2.09. The van der Waals surface area contributed by atoms with Crippen LogP contribution >= 0.6 is 0 Å². The van der Waals surface area contributed by atoms with Crippen LogP contribution in [0.4, 0.5) is 0 Å². The molecule has 0 N–H and O–H groups in total. The van der Waals surface area contributed by atoms with Gasteiger partial charge in [0, 0.05) is 6.42 Å². The first-order valence-electron chi connectivity index (χ1n) is 5.65. The maximum Gasteiger partial charge on any atom is 0.559 e. The third-order valence-corrected chi connectivity index (χ3v) is 3.11. The van der Waals surface area contributed by atoms with E-state index in [0.717, 1.165) is 11.9 Å². The number of hydrogen-bond donors (Lipinski definition) is 0. The van der Waals surface area contributed by atoms with Gasteiger partial charge < -0.3 is 9.31 Å². The summed E-state index contributed by atoms with van der Waals surface area (Å²) in [4.78, 5) is 11.5. The minimum atomic E-state index is -0.463. The van der Waals surface area contributed by atoms with Crippen LogP contribution in [-0.2, 0) is 14.1 Å². The molecule has 0 saturated carbocycles. The first kappa shape index (κ1) is 11.5. The van der Waals surface area contributed by atoms with E-state index in [2.05, 4.69) is 13.5 Å². The third kappa shape index (κ3) is 2.07. The molecule has 16 heavy (non-hydrogen) atoms. The van der Waals surface area contributed by atoms with Gasteiger partial charge in [0.15, 0.2) is 5.78 Å². The average Bonchev–Trinajstić information content (AvgIpc) is 2.40. The quantitative estimate of drug-likeness (QED) is 0.636. The van der Waals surface area contributed by atoms with E-state index in [1.54, 1.807) is 6.08 Å². The lowest BCUT2D eigenvalue weighted by Gasteiger charge is -2.19. The molecule has 2 rings (SSSR count). The Bertz CT molecular complexity index is 370. The second-order valence-electron chi connectivity index (χ2n) is 5.20. The fourth-order valence-corrected chi connectivity index (χ4v) is 2.09. The van der Waals surface area contributed by atoms with E-state index in [4.69, 9.17) is 9.31 Å². The molecule has 0 bridgehead atoms. The lowest BCUT2D eigenvalue weighted by molar-refractivity contribution is -0.115. The summed E-state index contributed by atoms with van der Waals surface area (Å²) in [5.74, 6) is 1.16. The summed E-state index contributed by atoms with van der Waals surface area (Å²) in [5.41, 5.74) is 0.477. The Morgan fingerprint density at radius 2 is 2.19 bits per heavy atom. The van der Waals surface area contributed by atoms with Gasteiger partial charge in [0.1, 0.15) is 5.60 Å². The summed E-state index contributed by atoms with van der Waals surface area (Å²) in [6.07, 6.45) is 3.15. The van der Waals surface area contributed by atoms with Gasteiger partial charge in [-0.15, -0.1) is 0 Å². The Labute approximate surface area is 96.6 Å². The van der Waals surface area contributed by atoms with Crippen LogP contribution in [-0.4, -0.2) is 18.5 Å². The molecule has 1 aliphatic carbocycles. The summed E-state index contributed by atoms with van der Waals surface area (Å²) in [7, 11) is -0.422. The lowest BCUT2D eigenvalue weighted by Crippen LogP contribution is -2.28. The molecule has 0 amide bonds. The topological polar surface area (TPSA) is 35.5 Å². The zero-order valence-electron chi connectivity index (χ0n) is 10.1. The molecule has 3 nitrogen and oxygen atoms in total. The zero-order valence-corrected chi connectivity index (χ0v) is 10.1. The zero-order chi connectivity index (χ0) is 11.9. The van der Waals surface area contributed by atoms with Crippen LogP contribution in [0.15, 0.2) is 23.9 Å². The molecule has 0 radical (unpaired) electrons. The van der Waals surface area contributed by atoms with E-state index in [1.807, 2.05) is 13.8 Å². The molecule has 0 aromatic rings. The van der Waals surface area contributed by atoms with Crippen LogP contribution in [0.1, 0.15) is 33.6 Å². The van der Waals surface area contributed by atoms with Crippen LogP contribution in [0.2, 0.25) is 0 Å². The minimum Gasteiger partial charge on any atom is -0.534 e. The number of allylic oxidation sites excluding steroid dienone is 2. The normalized spacial score (nSPS) is 29.1. The molecule has 2 aliphatic rings. The highest BCUT2D eigenvalue weighted by Gasteiger charge is 2.44. The van der Waals surface area contributed by atoms with Crippen molar-refractivity contribution in [1.82, 2.24) is 0 Å². The summed E-state index contributed by atoms with van der Waals surface area (Å²) in [5, 5.41) is 0. The van der Waals surface area contributed by atoms with Crippen molar-refractivity contribution in [2.75, 3.05) is 0 Å². The number of carbonyl (C=O) groups is 1. The lowest BCUT2D eigenvalue weighted by atomic mass is 9.70. The van der Waals surface area contributed by atoms with Crippen molar-refractivity contribution >= 4 is 12.9 Å². The van der Waals surface area contributed by atoms with Crippen LogP contribution in [0, 0.1) is 5.92 Å². The second-order valence-corrected chi connectivity index (χ2v) is 5.20. The van der Waals surface area contributed by atoms with E-state index >= 15 is 0 Å². The smallest absolute Gasteiger partial charge is 0.534 e. The molecule has 1 saturated heterocycles. The molecule has 1 heterocycles. The van der Waals surface area contributed by atoms with E-state index < -0.39 is 12.7 Å². The van der Waals surface area contributed by atoms with Gasteiger partial charge in [0.2, 0.25) is 0 Å². The summed E-state index contributed by atoms with van der Waals surface area (Å²) in [6, 6.07) is 0. The van der Waals surface area contributed by atoms with E-state index in [9.17, 15) is 4.79 Å². The molecule has 1 unspecified atom stereocenters. The standard InChI is InChI=1S/C12H17BO3/c1-8-5-10(7-11(14)6-8)13-15-9(2)12(3,4)16-13/h7-8H,2,5-6H2,1,3-4H3. The summed E-state index contributed by atoms with van der Waals surface area (Å²) < 4.78 is 11.3. The second kappa shape index (κ2) is 3.77. The van der Waals surface area contributed by atoms with Gasteiger partial charge in [-0.1, -0.05) is 13.5 Å². The average molecular weight is 220 g/mol. The SMILES string of the molecule is C=C1OB(C2=CC(=O)CC(C)C2)OC1(C)C. The number of rotatable bonds is 1. The highest BCUT2D eigenvalue weighted by Crippen LogP contribution is 2.35. The Morgan fingerprint density at radius 1 is 1.50 bits per heavy atom. The Balaban J connectivity index is 2.16. The van der Waals surface area contributed by atoms with Crippen molar-refractivity contribution in [2.45, 2.75) is 39.2 Å². The van der Waals surface area contributed by atoms with Crippen molar-refractivity contribution in [3.05, 3.63) is 23.9 Å². The highest BCUT2D eigenvalue weighted by molar-refractivity contribution is 6.55. The van der Waals surface area contributed by atoms with Crippen LogP contribution in [0.25, 0.3) is 0 Å². The van der Waals surface area contributed by atoms with Crippen LogP contribution < -0.4 is 0 Å². The summed E-state index contributed by atoms with van der Waals surface area (Å²) in [6.45, 7) is 9.74. The van der Waals surface area contributed by atoms with Gasteiger partial charge in [-0.05, 0) is 37.7 Å². The molecular weight excluding hydrogens is 203 g/mol. The maximum atomic E-state index is 11.5. The van der Waals surface area contributed by atoms with Gasteiger partial charge in [0.25, 0.3) is 0 Å². The molecule has 0 aromatic heterocycles. The molecular formula is C12H17BO3. The Morgan fingerprint density at radius 3 is 2.69 bits per heavy atom. The maximum absolute atomic E-state index is 11.5.